The Kier molecular flexibility index (Phi) is 3.88. The lowest BCUT2D eigenvalue weighted by Crippen LogP contribution is -2.25. The van der Waals surface area contributed by atoms with Crippen LogP contribution in [0.5, 0.6) is 0 Å². The zero-order chi connectivity index (χ0) is 9.84. The third kappa shape index (κ3) is 3.44. The van der Waals surface area contributed by atoms with Gasteiger partial charge in [-0.2, -0.15) is 0 Å². The summed E-state index contributed by atoms with van der Waals surface area (Å²) in [4.78, 5) is 5.85. The lowest BCUT2D eigenvalue weighted by Gasteiger charge is -2.06. The van der Waals surface area contributed by atoms with Crippen LogP contribution < -0.4 is 5.32 Å². The molecule has 13 heavy (non-hydrogen) atoms. The fourth-order valence-corrected chi connectivity index (χ4v) is 2.15. The molecule has 0 aliphatic carbocycles. The molecule has 0 atom stereocenters. The van der Waals surface area contributed by atoms with Gasteiger partial charge in [0.05, 0.1) is 10.7 Å². The van der Waals surface area contributed by atoms with Gasteiger partial charge in [-0.15, -0.1) is 11.3 Å². The summed E-state index contributed by atoms with van der Waals surface area (Å²) < 4.78 is 0. The molecule has 0 saturated heterocycles. The molecule has 74 valence electrons. The first-order valence-corrected chi connectivity index (χ1v) is 5.57. The molecule has 1 N–H and O–H groups in total. The normalized spacial score (nSPS) is 11.2. The van der Waals surface area contributed by atoms with Crippen molar-refractivity contribution in [3.8, 4) is 0 Å². The van der Waals surface area contributed by atoms with Crippen LogP contribution in [0.4, 0.5) is 0 Å². The van der Waals surface area contributed by atoms with E-state index in [4.69, 9.17) is 0 Å². The van der Waals surface area contributed by atoms with E-state index in [-0.39, 0.29) is 0 Å². The zero-order valence-corrected chi connectivity index (χ0v) is 9.66. The highest BCUT2D eigenvalue weighted by Gasteiger charge is 2.03. The molecular formula is C10H18N2S. The monoisotopic (exact) mass is 198 g/mol. The van der Waals surface area contributed by atoms with Gasteiger partial charge in [0.15, 0.2) is 0 Å². The number of nitrogens with one attached hydrogen (secondary N) is 1. The van der Waals surface area contributed by atoms with E-state index >= 15 is 0 Å². The standard InChI is InChI=1S/C10H18N2S/c1-7(2)11-6-5-10-8(3)13-9(4)12-10/h7,11H,5-6H2,1-4H3. The van der Waals surface area contributed by atoms with E-state index in [1.54, 1.807) is 11.3 Å². The van der Waals surface area contributed by atoms with Crippen molar-refractivity contribution in [1.82, 2.24) is 10.3 Å². The number of rotatable bonds is 4. The summed E-state index contributed by atoms with van der Waals surface area (Å²) in [5, 5.41) is 4.57. The molecule has 1 rings (SSSR count). The van der Waals surface area contributed by atoms with Gasteiger partial charge in [0, 0.05) is 23.9 Å². The highest BCUT2D eigenvalue weighted by atomic mass is 32.1. The molecule has 0 bridgehead atoms. The van der Waals surface area contributed by atoms with Crippen LogP contribution in [0.1, 0.15) is 29.4 Å². The van der Waals surface area contributed by atoms with Crippen LogP contribution in [-0.2, 0) is 6.42 Å². The van der Waals surface area contributed by atoms with Gasteiger partial charge < -0.3 is 5.32 Å². The molecule has 1 heterocycles. The van der Waals surface area contributed by atoms with Gasteiger partial charge in [-0.05, 0) is 13.8 Å². The van der Waals surface area contributed by atoms with E-state index in [0.29, 0.717) is 6.04 Å². The molecule has 0 amide bonds. The average molecular weight is 198 g/mol. The minimum Gasteiger partial charge on any atom is -0.314 e. The number of aryl methyl sites for hydroxylation is 2. The van der Waals surface area contributed by atoms with Gasteiger partial charge in [0.1, 0.15) is 0 Å². The molecule has 1 aromatic rings. The quantitative estimate of drug-likeness (QED) is 0.803. The average Bonchev–Trinajstić information content (AvgIpc) is 2.29. The molecule has 2 nitrogen and oxygen atoms in total. The van der Waals surface area contributed by atoms with E-state index in [2.05, 4.69) is 38.0 Å². The fraction of sp³-hybridized carbons (Fsp3) is 0.700. The third-order valence-electron chi connectivity index (χ3n) is 1.91. The Morgan fingerprint density at radius 3 is 2.54 bits per heavy atom. The molecule has 0 aromatic carbocycles. The highest BCUT2D eigenvalue weighted by Crippen LogP contribution is 2.16. The van der Waals surface area contributed by atoms with Gasteiger partial charge in [0.25, 0.3) is 0 Å². The second kappa shape index (κ2) is 4.72. The van der Waals surface area contributed by atoms with E-state index in [0.717, 1.165) is 13.0 Å². The summed E-state index contributed by atoms with van der Waals surface area (Å²) in [7, 11) is 0. The fourth-order valence-electron chi connectivity index (χ4n) is 1.28. The Balaban J connectivity index is 2.40. The third-order valence-corrected chi connectivity index (χ3v) is 2.84. The molecule has 1 aromatic heterocycles. The number of hydrogen-bond donors (Lipinski definition) is 1. The molecule has 0 aliphatic heterocycles. The SMILES string of the molecule is Cc1nc(CCNC(C)C)c(C)s1. The van der Waals surface area contributed by atoms with Crippen molar-refractivity contribution < 1.29 is 0 Å². The number of nitrogens with zero attached hydrogens (tertiary/aromatic N) is 1. The van der Waals surface area contributed by atoms with Crippen LogP contribution in [0.25, 0.3) is 0 Å². The maximum atomic E-state index is 4.49. The summed E-state index contributed by atoms with van der Waals surface area (Å²) >= 11 is 1.79. The summed E-state index contributed by atoms with van der Waals surface area (Å²) in [6.45, 7) is 9.58. The summed E-state index contributed by atoms with van der Waals surface area (Å²) in [5.74, 6) is 0. The molecule has 0 fully saturated rings. The molecule has 0 spiro atoms. The van der Waals surface area contributed by atoms with Crippen LogP contribution in [0.15, 0.2) is 0 Å². The van der Waals surface area contributed by atoms with Gasteiger partial charge in [-0.1, -0.05) is 13.8 Å². The first kappa shape index (κ1) is 10.7. The minimum atomic E-state index is 0.569. The summed E-state index contributed by atoms with van der Waals surface area (Å²) in [5.41, 5.74) is 1.26. The molecule has 0 saturated carbocycles. The first-order chi connectivity index (χ1) is 6.09. The lowest BCUT2D eigenvalue weighted by molar-refractivity contribution is 0.587. The predicted molar refractivity (Wildman–Crippen MR) is 58.4 cm³/mol. The van der Waals surface area contributed by atoms with E-state index in [1.807, 2.05) is 0 Å². The van der Waals surface area contributed by atoms with Crippen molar-refractivity contribution in [1.29, 1.82) is 0 Å². The van der Waals surface area contributed by atoms with Crippen molar-refractivity contribution >= 4 is 11.3 Å². The van der Waals surface area contributed by atoms with E-state index in [1.165, 1.54) is 15.6 Å². The maximum absolute atomic E-state index is 4.49. The van der Waals surface area contributed by atoms with Crippen LogP contribution in [-0.4, -0.2) is 17.6 Å². The molecule has 0 unspecified atom stereocenters. The second-order valence-corrected chi connectivity index (χ2v) is 5.00. The first-order valence-electron chi connectivity index (χ1n) is 4.76. The van der Waals surface area contributed by atoms with Gasteiger partial charge in [0.2, 0.25) is 0 Å². The molecule has 3 heteroatoms. The lowest BCUT2D eigenvalue weighted by atomic mass is 10.2. The smallest absolute Gasteiger partial charge is 0.0900 e. The number of aromatic nitrogens is 1. The van der Waals surface area contributed by atoms with Crippen molar-refractivity contribution in [3.63, 3.8) is 0 Å². The Labute approximate surface area is 84.4 Å². The van der Waals surface area contributed by atoms with Crippen LogP contribution in [0.3, 0.4) is 0 Å². The summed E-state index contributed by atoms with van der Waals surface area (Å²) in [6, 6.07) is 0.569. The Morgan fingerprint density at radius 2 is 2.08 bits per heavy atom. The number of thiazole rings is 1. The Hall–Kier alpha value is -0.410. The molecule has 0 radical (unpaired) electrons. The predicted octanol–water partition coefficient (Wildman–Crippen LogP) is 2.30. The van der Waals surface area contributed by atoms with Crippen molar-refractivity contribution in [3.05, 3.63) is 15.6 Å². The van der Waals surface area contributed by atoms with Gasteiger partial charge >= 0.3 is 0 Å². The number of hydrogen-bond acceptors (Lipinski definition) is 3. The molecular weight excluding hydrogens is 180 g/mol. The van der Waals surface area contributed by atoms with Crippen LogP contribution >= 0.6 is 11.3 Å². The zero-order valence-electron chi connectivity index (χ0n) is 8.85. The Bertz CT molecular complexity index is 266. The topological polar surface area (TPSA) is 24.9 Å². The van der Waals surface area contributed by atoms with Gasteiger partial charge in [-0.3, -0.25) is 0 Å². The highest BCUT2D eigenvalue weighted by molar-refractivity contribution is 7.11. The van der Waals surface area contributed by atoms with E-state index in [9.17, 15) is 0 Å². The van der Waals surface area contributed by atoms with Crippen LogP contribution in [0.2, 0.25) is 0 Å². The summed E-state index contributed by atoms with van der Waals surface area (Å²) in [6.07, 6.45) is 1.05. The van der Waals surface area contributed by atoms with Crippen molar-refractivity contribution in [2.45, 2.75) is 40.2 Å². The minimum absolute atomic E-state index is 0.569. The maximum Gasteiger partial charge on any atom is 0.0900 e. The molecule has 0 aliphatic rings. The largest absolute Gasteiger partial charge is 0.314 e. The van der Waals surface area contributed by atoms with Gasteiger partial charge in [-0.25, -0.2) is 4.98 Å². The van der Waals surface area contributed by atoms with E-state index < -0.39 is 0 Å². The second-order valence-electron chi connectivity index (χ2n) is 3.59. The Morgan fingerprint density at radius 1 is 1.38 bits per heavy atom. The van der Waals surface area contributed by atoms with Crippen LogP contribution in [0, 0.1) is 13.8 Å². The van der Waals surface area contributed by atoms with Crippen molar-refractivity contribution in [2.75, 3.05) is 6.54 Å². The van der Waals surface area contributed by atoms with Crippen molar-refractivity contribution in [2.24, 2.45) is 0 Å².